The first kappa shape index (κ1) is 25.5. The second-order valence-corrected chi connectivity index (χ2v) is 7.94. The van der Waals surface area contributed by atoms with Crippen molar-refractivity contribution in [2.24, 2.45) is 17.8 Å². The van der Waals surface area contributed by atoms with Gasteiger partial charge in [-0.2, -0.15) is 0 Å². The maximum atomic E-state index is 12.1. The maximum Gasteiger partial charge on any atom is 0.135 e. The highest BCUT2D eigenvalue weighted by Crippen LogP contribution is 2.21. The standard InChI is InChI=1S/C20H40O6/c1-5-16(12-21)7-9-18(24)15(4)20(26)11-17(23)8-6-13(2)19(25)10-14(3)22/h13-16,18-22,24-26H,5-12H2,1-4H3/t13-,14+,15+,16+,18-,19-,20-/m0/s1. The minimum atomic E-state index is -0.899. The van der Waals surface area contributed by atoms with Crippen LogP contribution in [0.2, 0.25) is 0 Å². The van der Waals surface area contributed by atoms with Crippen molar-refractivity contribution < 1.29 is 30.3 Å². The molecule has 26 heavy (non-hydrogen) atoms. The third-order valence-corrected chi connectivity index (χ3v) is 5.47. The molecule has 0 aliphatic rings. The van der Waals surface area contributed by atoms with E-state index in [1.807, 2.05) is 13.8 Å². The van der Waals surface area contributed by atoms with Crippen LogP contribution in [0.4, 0.5) is 0 Å². The van der Waals surface area contributed by atoms with Crippen LogP contribution < -0.4 is 0 Å². The molecule has 7 atom stereocenters. The van der Waals surface area contributed by atoms with Crippen molar-refractivity contribution in [3.05, 3.63) is 0 Å². The van der Waals surface area contributed by atoms with E-state index in [4.69, 9.17) is 0 Å². The first-order chi connectivity index (χ1) is 12.1. The molecule has 0 unspecified atom stereocenters. The number of rotatable bonds is 15. The zero-order valence-corrected chi connectivity index (χ0v) is 16.8. The van der Waals surface area contributed by atoms with Crippen molar-refractivity contribution >= 4 is 5.78 Å². The minimum Gasteiger partial charge on any atom is -0.396 e. The lowest BCUT2D eigenvalue weighted by molar-refractivity contribution is -0.122. The Balaban J connectivity index is 4.22. The monoisotopic (exact) mass is 376 g/mol. The van der Waals surface area contributed by atoms with Gasteiger partial charge in [0.05, 0.1) is 24.4 Å². The van der Waals surface area contributed by atoms with E-state index >= 15 is 0 Å². The molecule has 0 saturated heterocycles. The molecule has 0 aromatic rings. The summed E-state index contributed by atoms with van der Waals surface area (Å²) in [5.74, 6) is -0.439. The fourth-order valence-corrected chi connectivity index (χ4v) is 3.03. The molecule has 156 valence electrons. The first-order valence-electron chi connectivity index (χ1n) is 9.97. The lowest BCUT2D eigenvalue weighted by atomic mass is 9.88. The lowest BCUT2D eigenvalue weighted by Gasteiger charge is -2.25. The Bertz CT molecular complexity index is 369. The second kappa shape index (κ2) is 13.6. The number of aliphatic hydroxyl groups is 5. The van der Waals surface area contributed by atoms with Crippen molar-refractivity contribution in [3.63, 3.8) is 0 Å². The highest BCUT2D eigenvalue weighted by atomic mass is 16.3. The van der Waals surface area contributed by atoms with Crippen molar-refractivity contribution in [3.8, 4) is 0 Å². The van der Waals surface area contributed by atoms with Crippen LogP contribution in [-0.2, 0) is 4.79 Å². The average molecular weight is 377 g/mol. The summed E-state index contributed by atoms with van der Waals surface area (Å²) in [6.45, 7) is 7.28. The minimum absolute atomic E-state index is 0.00531. The molecule has 5 N–H and O–H groups in total. The number of carbonyl (C=O) groups is 1. The van der Waals surface area contributed by atoms with Crippen molar-refractivity contribution in [1.29, 1.82) is 0 Å². The zero-order valence-electron chi connectivity index (χ0n) is 16.8. The maximum absolute atomic E-state index is 12.1. The molecular formula is C20H40O6. The average Bonchev–Trinajstić information content (AvgIpc) is 2.58. The molecule has 6 nitrogen and oxygen atoms in total. The van der Waals surface area contributed by atoms with Crippen molar-refractivity contribution in [1.82, 2.24) is 0 Å². The van der Waals surface area contributed by atoms with Gasteiger partial charge in [0.15, 0.2) is 0 Å². The molecule has 0 fully saturated rings. The van der Waals surface area contributed by atoms with Gasteiger partial charge in [-0.1, -0.05) is 27.2 Å². The summed E-state index contributed by atoms with van der Waals surface area (Å²) >= 11 is 0. The van der Waals surface area contributed by atoms with Crippen LogP contribution in [0.5, 0.6) is 0 Å². The third kappa shape index (κ3) is 10.6. The van der Waals surface area contributed by atoms with Gasteiger partial charge in [-0.25, -0.2) is 0 Å². The molecule has 0 aliphatic carbocycles. The van der Waals surface area contributed by atoms with E-state index in [-0.39, 0.29) is 43.5 Å². The third-order valence-electron chi connectivity index (χ3n) is 5.47. The fraction of sp³-hybridized carbons (Fsp3) is 0.950. The van der Waals surface area contributed by atoms with E-state index in [0.29, 0.717) is 19.3 Å². The molecule has 6 heteroatoms. The predicted molar refractivity (Wildman–Crippen MR) is 102 cm³/mol. The summed E-state index contributed by atoms with van der Waals surface area (Å²) in [7, 11) is 0. The molecule has 0 aliphatic heterocycles. The number of aliphatic hydroxyl groups excluding tert-OH is 5. The second-order valence-electron chi connectivity index (χ2n) is 7.94. The van der Waals surface area contributed by atoms with E-state index in [2.05, 4.69) is 0 Å². The molecule has 0 radical (unpaired) electrons. The molecule has 0 aromatic carbocycles. The molecule has 0 bridgehead atoms. The van der Waals surface area contributed by atoms with Gasteiger partial charge in [-0.3, -0.25) is 4.79 Å². The van der Waals surface area contributed by atoms with Gasteiger partial charge in [-0.15, -0.1) is 0 Å². The van der Waals surface area contributed by atoms with Gasteiger partial charge in [0.25, 0.3) is 0 Å². The van der Waals surface area contributed by atoms with Gasteiger partial charge < -0.3 is 25.5 Å². The normalized spacial score (nSPS) is 20.0. The fourth-order valence-electron chi connectivity index (χ4n) is 3.03. The molecule has 0 amide bonds. The predicted octanol–water partition coefficient (Wildman–Crippen LogP) is 1.65. The van der Waals surface area contributed by atoms with Gasteiger partial charge >= 0.3 is 0 Å². The molecule has 0 rings (SSSR count). The van der Waals surface area contributed by atoms with Crippen LogP contribution in [0, 0.1) is 17.8 Å². The summed E-state index contributed by atoms with van der Waals surface area (Å²) < 4.78 is 0. The van der Waals surface area contributed by atoms with E-state index in [1.54, 1.807) is 13.8 Å². The van der Waals surface area contributed by atoms with Crippen molar-refractivity contribution in [2.75, 3.05) is 6.61 Å². The Morgan fingerprint density at radius 2 is 1.50 bits per heavy atom. The Morgan fingerprint density at radius 1 is 0.885 bits per heavy atom. The largest absolute Gasteiger partial charge is 0.396 e. The van der Waals surface area contributed by atoms with Gasteiger partial charge in [-0.05, 0) is 44.4 Å². The summed E-state index contributed by atoms with van der Waals surface area (Å²) in [6, 6.07) is 0. The Kier molecular flexibility index (Phi) is 13.3. The molecule has 0 heterocycles. The number of hydrogen-bond acceptors (Lipinski definition) is 6. The molecular weight excluding hydrogens is 336 g/mol. The number of hydrogen-bond donors (Lipinski definition) is 5. The van der Waals surface area contributed by atoms with Crippen LogP contribution in [0.25, 0.3) is 0 Å². The molecule has 0 spiro atoms. The molecule has 0 saturated carbocycles. The number of Topliss-reactive ketones (excluding diaryl/α,β-unsaturated/α-hetero) is 1. The van der Waals surface area contributed by atoms with Crippen LogP contribution >= 0.6 is 0 Å². The van der Waals surface area contributed by atoms with Gasteiger partial charge in [0.2, 0.25) is 0 Å². The van der Waals surface area contributed by atoms with Crippen LogP contribution in [0.15, 0.2) is 0 Å². The number of ketones is 1. The number of carbonyl (C=O) groups excluding carboxylic acids is 1. The van der Waals surface area contributed by atoms with E-state index in [0.717, 1.165) is 6.42 Å². The van der Waals surface area contributed by atoms with Crippen molar-refractivity contribution in [2.45, 2.75) is 97.1 Å². The summed E-state index contributed by atoms with van der Waals surface area (Å²) in [5, 5.41) is 48.8. The topological polar surface area (TPSA) is 118 Å². The van der Waals surface area contributed by atoms with Crippen LogP contribution in [0.1, 0.15) is 72.6 Å². The first-order valence-corrected chi connectivity index (χ1v) is 9.97. The van der Waals surface area contributed by atoms with Crippen LogP contribution in [0.3, 0.4) is 0 Å². The van der Waals surface area contributed by atoms with E-state index in [1.165, 1.54) is 0 Å². The quantitative estimate of drug-likeness (QED) is 0.297. The summed E-state index contributed by atoms with van der Waals surface area (Å²) in [4.78, 5) is 12.1. The Morgan fingerprint density at radius 3 is 2.00 bits per heavy atom. The summed E-state index contributed by atoms with van der Waals surface area (Å²) in [5.41, 5.74) is 0. The Labute approximate surface area is 158 Å². The van der Waals surface area contributed by atoms with E-state index in [9.17, 15) is 30.3 Å². The van der Waals surface area contributed by atoms with E-state index < -0.39 is 30.3 Å². The summed E-state index contributed by atoms with van der Waals surface area (Å²) in [6.07, 6.45) is 0.254. The highest BCUT2D eigenvalue weighted by Gasteiger charge is 2.25. The van der Waals surface area contributed by atoms with Crippen LogP contribution in [-0.4, -0.2) is 62.3 Å². The zero-order chi connectivity index (χ0) is 20.3. The molecule has 0 aromatic heterocycles. The smallest absolute Gasteiger partial charge is 0.135 e. The van der Waals surface area contributed by atoms with Gasteiger partial charge in [0.1, 0.15) is 5.78 Å². The SMILES string of the molecule is CC[C@@H](CO)CC[C@H](O)[C@@H](C)[C@@H](O)CC(=O)CC[C@H](C)[C@@H](O)C[C@@H](C)O. The Hall–Kier alpha value is -0.530. The van der Waals surface area contributed by atoms with Gasteiger partial charge in [0, 0.05) is 25.4 Å². The lowest BCUT2D eigenvalue weighted by Crippen LogP contribution is -2.32. The highest BCUT2D eigenvalue weighted by molar-refractivity contribution is 5.78.